The summed E-state index contributed by atoms with van der Waals surface area (Å²) in [7, 11) is 0. The van der Waals surface area contributed by atoms with Gasteiger partial charge in [-0.15, -0.1) is 45.3 Å². The Morgan fingerprint density at radius 2 is 1.21 bits per heavy atom. The van der Waals surface area contributed by atoms with E-state index in [-0.39, 0.29) is 0 Å². The summed E-state index contributed by atoms with van der Waals surface area (Å²) in [6, 6.07) is 13.5. The van der Waals surface area contributed by atoms with E-state index in [1.807, 2.05) is 45.3 Å². The molecule has 1 nitrogen and oxygen atoms in total. The maximum Gasteiger partial charge on any atom is 0.0526 e. The molecule has 4 heterocycles. The smallest absolute Gasteiger partial charge is 0.0526 e. The summed E-state index contributed by atoms with van der Waals surface area (Å²) in [5.74, 6) is 0. The van der Waals surface area contributed by atoms with E-state index in [0.29, 0.717) is 0 Å². The molecule has 0 amide bonds. The number of hydrogen-bond acceptors (Lipinski definition) is 5. The van der Waals surface area contributed by atoms with Crippen LogP contribution in [0.15, 0.2) is 57.9 Å². The van der Waals surface area contributed by atoms with Crippen LogP contribution in [0, 0.1) is 0 Å². The molecule has 4 aromatic rings. The maximum atomic E-state index is 2.53. The maximum absolute atomic E-state index is 2.53. The highest BCUT2D eigenvalue weighted by atomic mass is 32.1. The Kier molecular flexibility index (Phi) is 7.61. The molecule has 0 N–H and O–H groups in total. The van der Waals surface area contributed by atoms with Crippen LogP contribution >= 0.6 is 45.3 Å². The molecule has 0 unspecified atom stereocenters. The first-order valence-corrected chi connectivity index (χ1v) is 13.9. The van der Waals surface area contributed by atoms with Crippen LogP contribution in [0.2, 0.25) is 0 Å². The third kappa shape index (κ3) is 5.40. The zero-order valence-electron chi connectivity index (χ0n) is 16.8. The Morgan fingerprint density at radius 1 is 0.655 bits per heavy atom. The molecule has 0 saturated heterocycles. The van der Waals surface area contributed by atoms with Crippen molar-refractivity contribution in [1.82, 2.24) is 0 Å². The van der Waals surface area contributed by atoms with Gasteiger partial charge in [0.25, 0.3) is 0 Å². The minimum atomic E-state index is 1.09. The summed E-state index contributed by atoms with van der Waals surface area (Å²) in [4.78, 5) is 8.00. The van der Waals surface area contributed by atoms with Gasteiger partial charge in [0.2, 0.25) is 0 Å². The van der Waals surface area contributed by atoms with Crippen LogP contribution in [0.3, 0.4) is 0 Å². The fraction of sp³-hybridized carbons (Fsp3) is 0.333. The summed E-state index contributed by atoms with van der Waals surface area (Å²) < 4.78 is 0. The van der Waals surface area contributed by atoms with Crippen molar-refractivity contribution in [3.8, 4) is 19.5 Å². The van der Waals surface area contributed by atoms with E-state index in [1.165, 1.54) is 69.4 Å². The molecule has 4 aromatic heterocycles. The normalized spacial score (nSPS) is 11.2. The van der Waals surface area contributed by atoms with Gasteiger partial charge >= 0.3 is 0 Å². The van der Waals surface area contributed by atoms with E-state index in [9.17, 15) is 0 Å². The number of rotatable bonds is 11. The number of hydrogen-bond donors (Lipinski definition) is 0. The summed E-state index contributed by atoms with van der Waals surface area (Å²) in [6.45, 7) is 3.37. The first kappa shape index (κ1) is 20.9. The van der Waals surface area contributed by atoms with Crippen molar-refractivity contribution in [3.05, 3.63) is 57.9 Å². The third-order valence-corrected chi connectivity index (χ3v) is 9.02. The highest BCUT2D eigenvalue weighted by molar-refractivity contribution is 7.21. The number of nitrogens with zero attached hydrogens (tertiary/aromatic N) is 1. The largest absolute Gasteiger partial charge is 0.340 e. The first-order chi connectivity index (χ1) is 14.3. The third-order valence-electron chi connectivity index (χ3n) is 5.06. The monoisotopic (exact) mass is 457 g/mol. The van der Waals surface area contributed by atoms with Crippen molar-refractivity contribution in [2.45, 2.75) is 45.4 Å². The molecule has 0 aromatic carbocycles. The van der Waals surface area contributed by atoms with Gasteiger partial charge < -0.3 is 4.90 Å². The molecular formula is C24H27NS4. The van der Waals surface area contributed by atoms with Gasteiger partial charge in [-0.05, 0) is 41.4 Å². The summed E-state index contributed by atoms with van der Waals surface area (Å²) in [6.07, 6.45) is 7.98. The molecule has 0 aliphatic carbocycles. The van der Waals surface area contributed by atoms with Gasteiger partial charge in [0.15, 0.2) is 0 Å². The van der Waals surface area contributed by atoms with Gasteiger partial charge in [0, 0.05) is 36.8 Å². The molecular weight excluding hydrogens is 431 g/mol. The van der Waals surface area contributed by atoms with E-state index in [0.717, 1.165) is 6.54 Å². The quantitative estimate of drug-likeness (QED) is 0.203. The molecule has 0 saturated carbocycles. The highest BCUT2D eigenvalue weighted by Gasteiger charge is 2.15. The van der Waals surface area contributed by atoms with Crippen molar-refractivity contribution in [3.63, 3.8) is 0 Å². The second kappa shape index (κ2) is 10.6. The summed E-state index contributed by atoms with van der Waals surface area (Å²) in [5.41, 5.74) is 2.67. The molecule has 4 rings (SSSR count). The molecule has 5 heteroatoms. The fourth-order valence-electron chi connectivity index (χ4n) is 3.49. The Balaban J connectivity index is 1.51. The Bertz CT molecular complexity index is 890. The SMILES string of the molecule is CCCCCCCCN(c1csc(-c2cccs2)c1)c1csc(-c2cccs2)c1. The lowest BCUT2D eigenvalue weighted by molar-refractivity contribution is 0.609. The number of unbranched alkanes of at least 4 members (excludes halogenated alkanes) is 5. The van der Waals surface area contributed by atoms with Gasteiger partial charge in [0.1, 0.15) is 0 Å². The second-order valence-electron chi connectivity index (χ2n) is 7.21. The van der Waals surface area contributed by atoms with Crippen LogP contribution in [-0.2, 0) is 0 Å². The lowest BCUT2D eigenvalue weighted by Crippen LogP contribution is -2.17. The predicted molar refractivity (Wildman–Crippen MR) is 136 cm³/mol. The minimum Gasteiger partial charge on any atom is -0.340 e. The van der Waals surface area contributed by atoms with Crippen LogP contribution in [0.25, 0.3) is 19.5 Å². The zero-order chi connectivity index (χ0) is 19.9. The van der Waals surface area contributed by atoms with Crippen LogP contribution in [-0.4, -0.2) is 6.54 Å². The molecule has 0 aliphatic rings. The van der Waals surface area contributed by atoms with Crippen molar-refractivity contribution in [2.24, 2.45) is 0 Å². The summed E-state index contributed by atoms with van der Waals surface area (Å²) >= 11 is 7.37. The van der Waals surface area contributed by atoms with Crippen molar-refractivity contribution in [2.75, 3.05) is 11.4 Å². The molecule has 152 valence electrons. The fourth-order valence-corrected chi connectivity index (χ4v) is 6.97. The van der Waals surface area contributed by atoms with E-state index in [1.54, 1.807) is 0 Å². The van der Waals surface area contributed by atoms with E-state index in [2.05, 4.69) is 69.7 Å². The van der Waals surface area contributed by atoms with Crippen LogP contribution < -0.4 is 4.90 Å². The van der Waals surface area contributed by atoms with Crippen LogP contribution in [0.5, 0.6) is 0 Å². The topological polar surface area (TPSA) is 3.24 Å². The van der Waals surface area contributed by atoms with Gasteiger partial charge in [-0.25, -0.2) is 0 Å². The number of thiophene rings is 4. The van der Waals surface area contributed by atoms with Gasteiger partial charge in [-0.1, -0.05) is 51.2 Å². The lowest BCUT2D eigenvalue weighted by Gasteiger charge is -2.22. The molecule has 0 radical (unpaired) electrons. The first-order valence-electron chi connectivity index (χ1n) is 10.4. The molecule has 29 heavy (non-hydrogen) atoms. The average molecular weight is 458 g/mol. The standard InChI is InChI=1S/C24H27NS4/c1-2-3-4-5-6-7-12-25(19-15-23(28-17-19)21-10-8-13-26-21)20-16-24(29-18-20)22-11-9-14-27-22/h8-11,13-18H,2-7,12H2,1H3. The molecule has 0 fully saturated rings. The van der Waals surface area contributed by atoms with Crippen LogP contribution in [0.1, 0.15) is 45.4 Å². The molecule has 0 spiro atoms. The second-order valence-corrected chi connectivity index (χ2v) is 10.9. The number of anilines is 2. The zero-order valence-corrected chi connectivity index (χ0v) is 20.1. The van der Waals surface area contributed by atoms with Gasteiger partial charge in [-0.2, -0.15) is 0 Å². The predicted octanol–water partition coefficient (Wildman–Crippen LogP) is 9.77. The van der Waals surface area contributed by atoms with Gasteiger partial charge in [-0.3, -0.25) is 0 Å². The molecule has 0 aliphatic heterocycles. The Labute approximate surface area is 190 Å². The minimum absolute atomic E-state index is 1.09. The van der Waals surface area contributed by atoms with E-state index < -0.39 is 0 Å². The highest BCUT2D eigenvalue weighted by Crippen LogP contribution is 2.40. The summed E-state index contributed by atoms with van der Waals surface area (Å²) in [5, 5.41) is 8.98. The van der Waals surface area contributed by atoms with Crippen molar-refractivity contribution in [1.29, 1.82) is 0 Å². The lowest BCUT2D eigenvalue weighted by atomic mass is 10.1. The van der Waals surface area contributed by atoms with E-state index >= 15 is 0 Å². The average Bonchev–Trinajstić information content (AvgIpc) is 3.54. The van der Waals surface area contributed by atoms with Crippen molar-refractivity contribution < 1.29 is 0 Å². The Morgan fingerprint density at radius 3 is 1.72 bits per heavy atom. The molecule has 0 atom stereocenters. The Hall–Kier alpha value is -1.40. The van der Waals surface area contributed by atoms with Gasteiger partial charge in [0.05, 0.1) is 11.4 Å². The van der Waals surface area contributed by atoms with E-state index in [4.69, 9.17) is 0 Å². The van der Waals surface area contributed by atoms with Crippen molar-refractivity contribution >= 4 is 56.7 Å². The van der Waals surface area contributed by atoms with Crippen LogP contribution in [0.4, 0.5) is 11.4 Å². The molecule has 0 bridgehead atoms.